The molecular formula is C19H23N3O2. The minimum Gasteiger partial charge on any atom is -0.496 e. The number of carbonyl (C=O) groups is 1. The van der Waals surface area contributed by atoms with E-state index in [4.69, 9.17) is 10.5 Å². The lowest BCUT2D eigenvalue weighted by Crippen LogP contribution is -2.32. The van der Waals surface area contributed by atoms with Crippen LogP contribution in [-0.4, -0.2) is 24.5 Å². The number of hydrogen-bond acceptors (Lipinski definition) is 4. The van der Waals surface area contributed by atoms with E-state index >= 15 is 0 Å². The zero-order valence-electron chi connectivity index (χ0n) is 13.9. The summed E-state index contributed by atoms with van der Waals surface area (Å²) in [5.74, 6) is 0.453. The van der Waals surface area contributed by atoms with Crippen molar-refractivity contribution in [2.75, 3.05) is 19.0 Å². The van der Waals surface area contributed by atoms with E-state index in [1.165, 1.54) is 24.6 Å². The maximum Gasteiger partial charge on any atom is 0.252 e. The molecule has 3 N–H and O–H groups in total. The van der Waals surface area contributed by atoms with E-state index in [1.807, 2.05) is 12.1 Å². The monoisotopic (exact) mass is 325 g/mol. The molecule has 1 heterocycles. The number of amides is 1. The van der Waals surface area contributed by atoms with Gasteiger partial charge in [0.1, 0.15) is 5.75 Å². The van der Waals surface area contributed by atoms with Crippen molar-refractivity contribution in [3.05, 3.63) is 53.9 Å². The number of pyridine rings is 1. The summed E-state index contributed by atoms with van der Waals surface area (Å²) < 4.78 is 5.58. The Balaban J connectivity index is 1.89. The Morgan fingerprint density at radius 1 is 1.29 bits per heavy atom. The van der Waals surface area contributed by atoms with Gasteiger partial charge in [-0.2, -0.15) is 0 Å². The number of methoxy groups -OCH3 is 1. The second kappa shape index (κ2) is 6.91. The zero-order valence-corrected chi connectivity index (χ0v) is 13.9. The maximum atomic E-state index is 11.6. The lowest BCUT2D eigenvalue weighted by Gasteiger charge is -2.32. The Morgan fingerprint density at radius 3 is 2.75 bits per heavy atom. The predicted octanol–water partition coefficient (Wildman–Crippen LogP) is 3.11. The van der Waals surface area contributed by atoms with Crippen LogP contribution in [0.25, 0.3) is 0 Å². The zero-order chi connectivity index (χ0) is 17.0. The molecule has 2 aromatic rings. The van der Waals surface area contributed by atoms with Gasteiger partial charge in [-0.1, -0.05) is 31.0 Å². The van der Waals surface area contributed by atoms with Gasteiger partial charge in [0.2, 0.25) is 0 Å². The molecule has 0 radical (unpaired) electrons. The molecule has 1 saturated carbocycles. The molecule has 5 nitrogen and oxygen atoms in total. The fourth-order valence-corrected chi connectivity index (χ4v) is 3.69. The Bertz CT molecular complexity index is 724. The minimum atomic E-state index is -0.469. The van der Waals surface area contributed by atoms with Crippen LogP contribution in [0.1, 0.15) is 41.6 Å². The topological polar surface area (TPSA) is 77.2 Å². The minimum absolute atomic E-state index is 0.00475. The summed E-state index contributed by atoms with van der Waals surface area (Å²) in [5.41, 5.74) is 7.84. The van der Waals surface area contributed by atoms with Gasteiger partial charge in [-0.3, -0.25) is 9.78 Å². The van der Waals surface area contributed by atoms with E-state index in [9.17, 15) is 4.79 Å². The van der Waals surface area contributed by atoms with Crippen LogP contribution in [0, 0.1) is 0 Å². The van der Waals surface area contributed by atoms with Crippen LogP contribution >= 0.6 is 0 Å². The third-order valence-corrected chi connectivity index (χ3v) is 4.94. The number of ether oxygens (including phenoxy) is 1. The third kappa shape index (κ3) is 3.07. The quantitative estimate of drug-likeness (QED) is 0.855. The van der Waals surface area contributed by atoms with Crippen LogP contribution in [-0.2, 0) is 5.41 Å². The number of nitrogens with one attached hydrogen (secondary N) is 1. The molecule has 1 fully saturated rings. The fraction of sp³-hybridized carbons (Fsp3) is 0.368. The van der Waals surface area contributed by atoms with Crippen LogP contribution in [0.3, 0.4) is 0 Å². The Morgan fingerprint density at radius 2 is 2.04 bits per heavy atom. The molecule has 0 bridgehead atoms. The van der Waals surface area contributed by atoms with Crippen molar-refractivity contribution in [2.24, 2.45) is 5.73 Å². The molecule has 5 heteroatoms. The average molecular weight is 325 g/mol. The van der Waals surface area contributed by atoms with Crippen molar-refractivity contribution in [3.8, 4) is 5.75 Å². The van der Waals surface area contributed by atoms with Gasteiger partial charge in [-0.05, 0) is 25.0 Å². The predicted molar refractivity (Wildman–Crippen MR) is 94.4 cm³/mol. The lowest BCUT2D eigenvalue weighted by molar-refractivity contribution is 0.100. The summed E-state index contributed by atoms with van der Waals surface area (Å²) in [6.07, 6.45) is 7.75. The molecule has 1 amide bonds. The van der Waals surface area contributed by atoms with Gasteiger partial charge in [0.25, 0.3) is 5.91 Å². The Kier molecular flexibility index (Phi) is 4.69. The molecule has 0 aliphatic heterocycles. The Hall–Kier alpha value is -2.56. The molecule has 3 rings (SSSR count). The highest BCUT2D eigenvalue weighted by molar-refractivity contribution is 5.98. The first-order valence-electron chi connectivity index (χ1n) is 8.27. The summed E-state index contributed by atoms with van der Waals surface area (Å²) in [6, 6.07) is 10.0. The average Bonchev–Trinajstić information content (AvgIpc) is 3.10. The molecule has 1 aliphatic carbocycles. The largest absolute Gasteiger partial charge is 0.496 e. The van der Waals surface area contributed by atoms with Gasteiger partial charge in [0.05, 0.1) is 18.4 Å². The number of anilines is 1. The second-order valence-electron chi connectivity index (χ2n) is 6.33. The number of para-hydroxylation sites is 1. The highest BCUT2D eigenvalue weighted by atomic mass is 16.5. The Labute approximate surface area is 142 Å². The number of nitrogens with zero attached hydrogens (tertiary/aromatic N) is 1. The normalized spacial score (nSPS) is 15.9. The van der Waals surface area contributed by atoms with Crippen LogP contribution in [0.2, 0.25) is 0 Å². The number of carbonyl (C=O) groups excluding carboxylic acids is 1. The van der Waals surface area contributed by atoms with Gasteiger partial charge in [-0.25, -0.2) is 0 Å². The van der Waals surface area contributed by atoms with Crippen LogP contribution < -0.4 is 15.8 Å². The van der Waals surface area contributed by atoms with Gasteiger partial charge in [0, 0.05) is 29.9 Å². The van der Waals surface area contributed by atoms with Crippen LogP contribution in [0.5, 0.6) is 5.75 Å². The van der Waals surface area contributed by atoms with Gasteiger partial charge < -0.3 is 15.8 Å². The number of aromatic nitrogens is 1. The molecule has 0 unspecified atom stereocenters. The lowest BCUT2D eigenvalue weighted by atomic mass is 9.78. The molecule has 1 aromatic carbocycles. The van der Waals surface area contributed by atoms with Crippen molar-refractivity contribution in [3.63, 3.8) is 0 Å². The first-order valence-corrected chi connectivity index (χ1v) is 8.27. The fourth-order valence-electron chi connectivity index (χ4n) is 3.69. The molecule has 0 spiro atoms. The number of benzene rings is 1. The van der Waals surface area contributed by atoms with E-state index in [-0.39, 0.29) is 5.41 Å². The molecule has 0 atom stereocenters. The summed E-state index contributed by atoms with van der Waals surface area (Å²) in [4.78, 5) is 15.6. The van der Waals surface area contributed by atoms with Crippen LogP contribution in [0.4, 0.5) is 5.69 Å². The first-order chi connectivity index (χ1) is 11.7. The van der Waals surface area contributed by atoms with Gasteiger partial charge in [-0.15, -0.1) is 0 Å². The van der Waals surface area contributed by atoms with E-state index in [2.05, 4.69) is 22.4 Å². The summed E-state index contributed by atoms with van der Waals surface area (Å²) >= 11 is 0. The van der Waals surface area contributed by atoms with E-state index in [0.29, 0.717) is 5.56 Å². The van der Waals surface area contributed by atoms with Crippen molar-refractivity contribution < 1.29 is 9.53 Å². The third-order valence-electron chi connectivity index (χ3n) is 4.94. The highest BCUT2D eigenvalue weighted by Crippen LogP contribution is 2.44. The van der Waals surface area contributed by atoms with Crippen molar-refractivity contribution in [2.45, 2.75) is 31.1 Å². The van der Waals surface area contributed by atoms with E-state index in [1.54, 1.807) is 19.4 Å². The molecule has 24 heavy (non-hydrogen) atoms. The van der Waals surface area contributed by atoms with Crippen molar-refractivity contribution in [1.82, 2.24) is 4.98 Å². The summed E-state index contributed by atoms with van der Waals surface area (Å²) in [5, 5.41) is 3.43. The maximum absolute atomic E-state index is 11.6. The standard InChI is InChI=1S/C19H23N3O2/c1-24-17-7-3-2-6-15(17)19(9-4-5-10-19)13-22-16-8-11-21-12-14(16)18(20)23/h2-3,6-8,11-12H,4-5,9-10,13H2,1H3,(H2,20,23)(H,21,22). The summed E-state index contributed by atoms with van der Waals surface area (Å²) in [7, 11) is 1.71. The highest BCUT2D eigenvalue weighted by Gasteiger charge is 2.37. The number of primary amides is 1. The summed E-state index contributed by atoms with van der Waals surface area (Å²) in [6.45, 7) is 0.734. The van der Waals surface area contributed by atoms with E-state index in [0.717, 1.165) is 30.8 Å². The number of nitrogens with two attached hydrogens (primary N) is 1. The second-order valence-corrected chi connectivity index (χ2v) is 6.33. The van der Waals surface area contributed by atoms with Crippen molar-refractivity contribution in [1.29, 1.82) is 0 Å². The number of hydrogen-bond donors (Lipinski definition) is 2. The first kappa shape index (κ1) is 16.3. The van der Waals surface area contributed by atoms with Gasteiger partial charge in [0.15, 0.2) is 0 Å². The molecule has 0 saturated heterocycles. The van der Waals surface area contributed by atoms with E-state index < -0.39 is 5.91 Å². The van der Waals surface area contributed by atoms with Gasteiger partial charge >= 0.3 is 0 Å². The molecule has 1 aliphatic rings. The molecule has 1 aromatic heterocycles. The SMILES string of the molecule is COc1ccccc1C1(CNc2ccncc2C(N)=O)CCCC1. The smallest absolute Gasteiger partial charge is 0.252 e. The molecular weight excluding hydrogens is 302 g/mol. The number of rotatable bonds is 6. The van der Waals surface area contributed by atoms with Crippen molar-refractivity contribution >= 4 is 11.6 Å². The molecule has 126 valence electrons. The van der Waals surface area contributed by atoms with Crippen LogP contribution in [0.15, 0.2) is 42.7 Å².